The lowest BCUT2D eigenvalue weighted by Crippen LogP contribution is -2.18. The lowest BCUT2D eigenvalue weighted by molar-refractivity contribution is 0.108. The van der Waals surface area contributed by atoms with E-state index in [1.807, 2.05) is 13.0 Å². The minimum absolute atomic E-state index is 0.403. The van der Waals surface area contributed by atoms with Gasteiger partial charge in [0.25, 0.3) is 0 Å². The second kappa shape index (κ2) is 4.57. The average molecular weight is 207 g/mol. The lowest BCUT2D eigenvalue weighted by atomic mass is 10.2. The summed E-state index contributed by atoms with van der Waals surface area (Å²) in [5.41, 5.74) is 1.13. The van der Waals surface area contributed by atoms with Crippen molar-refractivity contribution < 1.29 is 4.74 Å². The molecule has 0 aliphatic heterocycles. The molecule has 15 heavy (non-hydrogen) atoms. The number of ether oxygens (including phenoxy) is 1. The Bertz CT molecular complexity index is 329. The maximum Gasteiger partial charge on any atom is 0.149 e. The van der Waals surface area contributed by atoms with Crippen LogP contribution in [-0.4, -0.2) is 29.5 Å². The Hall–Kier alpha value is -1.16. The first-order valence-electron chi connectivity index (χ1n) is 5.36. The Morgan fingerprint density at radius 2 is 2.33 bits per heavy atom. The SMILES string of the molecule is COC1CCC(Nc2cc(C)cnn2)C1. The van der Waals surface area contributed by atoms with Crippen molar-refractivity contribution in [2.24, 2.45) is 0 Å². The van der Waals surface area contributed by atoms with Gasteiger partial charge in [0.2, 0.25) is 0 Å². The summed E-state index contributed by atoms with van der Waals surface area (Å²) in [6.45, 7) is 2.02. The highest BCUT2D eigenvalue weighted by molar-refractivity contribution is 5.36. The molecule has 1 heterocycles. The Kier molecular flexibility index (Phi) is 3.16. The van der Waals surface area contributed by atoms with Crippen LogP contribution >= 0.6 is 0 Å². The highest BCUT2D eigenvalue weighted by atomic mass is 16.5. The van der Waals surface area contributed by atoms with E-state index in [1.54, 1.807) is 13.3 Å². The van der Waals surface area contributed by atoms with Gasteiger partial charge in [0.05, 0.1) is 12.3 Å². The molecule has 2 rings (SSSR count). The number of aromatic nitrogens is 2. The summed E-state index contributed by atoms with van der Waals surface area (Å²) in [7, 11) is 1.78. The summed E-state index contributed by atoms with van der Waals surface area (Å²) < 4.78 is 5.33. The molecular formula is C11H17N3O. The minimum atomic E-state index is 0.403. The average Bonchev–Trinajstić information content (AvgIpc) is 2.65. The van der Waals surface area contributed by atoms with E-state index in [2.05, 4.69) is 15.5 Å². The molecule has 4 nitrogen and oxygen atoms in total. The van der Waals surface area contributed by atoms with Crippen LogP contribution < -0.4 is 5.32 Å². The van der Waals surface area contributed by atoms with Gasteiger partial charge in [0.1, 0.15) is 5.82 Å². The summed E-state index contributed by atoms with van der Waals surface area (Å²) >= 11 is 0. The number of anilines is 1. The number of hydrogen-bond donors (Lipinski definition) is 1. The fourth-order valence-corrected chi connectivity index (χ4v) is 2.03. The number of nitrogens with zero attached hydrogens (tertiary/aromatic N) is 2. The van der Waals surface area contributed by atoms with Crippen molar-refractivity contribution >= 4 is 5.82 Å². The summed E-state index contributed by atoms with van der Waals surface area (Å²) in [6.07, 6.45) is 5.51. The first kappa shape index (κ1) is 10.4. The second-order valence-corrected chi connectivity index (χ2v) is 4.13. The van der Waals surface area contributed by atoms with Crippen LogP contribution in [0.5, 0.6) is 0 Å². The van der Waals surface area contributed by atoms with Crippen molar-refractivity contribution in [2.45, 2.75) is 38.3 Å². The van der Waals surface area contributed by atoms with Gasteiger partial charge in [-0.15, -0.1) is 5.10 Å². The van der Waals surface area contributed by atoms with Gasteiger partial charge < -0.3 is 10.1 Å². The van der Waals surface area contributed by atoms with Crippen LogP contribution in [0.4, 0.5) is 5.82 Å². The molecular weight excluding hydrogens is 190 g/mol. The van der Waals surface area contributed by atoms with Crippen molar-refractivity contribution in [1.82, 2.24) is 10.2 Å². The zero-order valence-electron chi connectivity index (χ0n) is 9.23. The topological polar surface area (TPSA) is 47.0 Å². The van der Waals surface area contributed by atoms with E-state index in [0.717, 1.165) is 30.6 Å². The Balaban J connectivity index is 1.92. The quantitative estimate of drug-likeness (QED) is 0.820. The normalized spacial score (nSPS) is 25.5. The third-order valence-corrected chi connectivity index (χ3v) is 2.86. The van der Waals surface area contributed by atoms with Gasteiger partial charge in [-0.05, 0) is 37.8 Å². The molecule has 0 bridgehead atoms. The largest absolute Gasteiger partial charge is 0.381 e. The Morgan fingerprint density at radius 1 is 1.47 bits per heavy atom. The van der Waals surface area contributed by atoms with Gasteiger partial charge >= 0.3 is 0 Å². The predicted molar refractivity (Wildman–Crippen MR) is 58.8 cm³/mol. The van der Waals surface area contributed by atoms with Crippen LogP contribution in [0.15, 0.2) is 12.3 Å². The molecule has 2 atom stereocenters. The zero-order valence-corrected chi connectivity index (χ0v) is 9.23. The van der Waals surface area contributed by atoms with Crippen molar-refractivity contribution in [3.8, 4) is 0 Å². The van der Waals surface area contributed by atoms with E-state index in [1.165, 1.54) is 0 Å². The molecule has 1 aliphatic rings. The monoisotopic (exact) mass is 207 g/mol. The maximum atomic E-state index is 5.33. The van der Waals surface area contributed by atoms with E-state index in [-0.39, 0.29) is 0 Å². The Labute approximate surface area is 90.1 Å². The van der Waals surface area contributed by atoms with E-state index >= 15 is 0 Å². The van der Waals surface area contributed by atoms with Crippen molar-refractivity contribution in [2.75, 3.05) is 12.4 Å². The van der Waals surface area contributed by atoms with Gasteiger partial charge in [-0.3, -0.25) is 0 Å². The van der Waals surface area contributed by atoms with Gasteiger partial charge in [0, 0.05) is 13.2 Å². The lowest BCUT2D eigenvalue weighted by Gasteiger charge is -2.13. The third kappa shape index (κ3) is 2.65. The van der Waals surface area contributed by atoms with Crippen LogP contribution in [0.3, 0.4) is 0 Å². The molecule has 1 aromatic heterocycles. The third-order valence-electron chi connectivity index (χ3n) is 2.86. The first-order valence-corrected chi connectivity index (χ1v) is 5.36. The molecule has 0 saturated heterocycles. The fraction of sp³-hybridized carbons (Fsp3) is 0.636. The molecule has 0 aromatic carbocycles. The van der Waals surface area contributed by atoms with Crippen molar-refractivity contribution in [1.29, 1.82) is 0 Å². The highest BCUT2D eigenvalue weighted by Gasteiger charge is 2.24. The van der Waals surface area contributed by atoms with Gasteiger partial charge in [-0.2, -0.15) is 5.10 Å². The number of hydrogen-bond acceptors (Lipinski definition) is 4. The van der Waals surface area contributed by atoms with Gasteiger partial charge in [-0.1, -0.05) is 0 Å². The first-order chi connectivity index (χ1) is 7.28. The smallest absolute Gasteiger partial charge is 0.149 e. The molecule has 82 valence electrons. The van der Waals surface area contributed by atoms with Gasteiger partial charge in [-0.25, -0.2) is 0 Å². The maximum absolute atomic E-state index is 5.33. The summed E-state index contributed by atoms with van der Waals surface area (Å²) in [5.74, 6) is 0.872. The molecule has 0 amide bonds. The fourth-order valence-electron chi connectivity index (χ4n) is 2.03. The summed E-state index contributed by atoms with van der Waals surface area (Å²) in [4.78, 5) is 0. The molecule has 4 heteroatoms. The van der Waals surface area contributed by atoms with E-state index in [0.29, 0.717) is 12.1 Å². The summed E-state index contributed by atoms with van der Waals surface area (Å²) in [6, 6.07) is 2.50. The van der Waals surface area contributed by atoms with E-state index in [9.17, 15) is 0 Å². The zero-order chi connectivity index (χ0) is 10.7. The van der Waals surface area contributed by atoms with Crippen LogP contribution in [0, 0.1) is 6.92 Å². The second-order valence-electron chi connectivity index (χ2n) is 4.13. The van der Waals surface area contributed by atoms with Crippen LogP contribution in [0.2, 0.25) is 0 Å². The molecule has 1 fully saturated rings. The van der Waals surface area contributed by atoms with Crippen LogP contribution in [0.25, 0.3) is 0 Å². The van der Waals surface area contributed by atoms with Crippen LogP contribution in [0.1, 0.15) is 24.8 Å². The Morgan fingerprint density at radius 3 is 3.00 bits per heavy atom. The minimum Gasteiger partial charge on any atom is -0.381 e. The summed E-state index contributed by atoms with van der Waals surface area (Å²) in [5, 5.41) is 11.4. The van der Waals surface area contributed by atoms with Crippen molar-refractivity contribution in [3.63, 3.8) is 0 Å². The molecule has 1 N–H and O–H groups in total. The van der Waals surface area contributed by atoms with Crippen LogP contribution in [-0.2, 0) is 4.74 Å². The number of rotatable bonds is 3. The van der Waals surface area contributed by atoms with Gasteiger partial charge in [0.15, 0.2) is 0 Å². The number of aryl methyl sites for hydroxylation is 1. The van der Waals surface area contributed by atoms with Crippen molar-refractivity contribution in [3.05, 3.63) is 17.8 Å². The molecule has 1 aliphatic carbocycles. The number of methoxy groups -OCH3 is 1. The molecule has 1 saturated carbocycles. The van der Waals surface area contributed by atoms with E-state index in [4.69, 9.17) is 4.74 Å². The number of nitrogens with one attached hydrogen (secondary N) is 1. The molecule has 2 unspecified atom stereocenters. The molecule has 0 radical (unpaired) electrons. The predicted octanol–water partition coefficient (Wildman–Crippen LogP) is 1.76. The van der Waals surface area contributed by atoms with E-state index < -0.39 is 0 Å². The highest BCUT2D eigenvalue weighted by Crippen LogP contribution is 2.24. The molecule has 0 spiro atoms. The standard InChI is InChI=1S/C11H17N3O/c1-8-5-11(14-12-7-8)13-9-3-4-10(6-9)15-2/h5,7,9-10H,3-4,6H2,1-2H3,(H,13,14). The molecule has 1 aromatic rings.